The average molecular weight is 1380 g/mol. The Bertz CT molecular complexity index is 3090. The number of allylic oxidation sites excluding steroid dienone is 1. The van der Waals surface area contributed by atoms with Crippen LogP contribution in [-0.2, 0) is 28.4 Å². The lowest BCUT2D eigenvalue weighted by Crippen LogP contribution is -2.47. The predicted molar refractivity (Wildman–Crippen MR) is 393 cm³/mol. The van der Waals surface area contributed by atoms with Gasteiger partial charge in [0, 0.05) is 76.9 Å². The molecule has 0 radical (unpaired) electrons. The fraction of sp³-hybridized carbons (Fsp3) is 0.636. The normalized spacial score (nSPS) is 32.7. The first-order valence-electron chi connectivity index (χ1n) is 31.5. The van der Waals surface area contributed by atoms with E-state index in [1.54, 1.807) is 38.6 Å². The van der Waals surface area contributed by atoms with Crippen LogP contribution in [0.5, 0.6) is 0 Å². The highest BCUT2D eigenvalue weighted by Gasteiger charge is 2.50. The molecule has 4 fully saturated rings. The van der Waals surface area contributed by atoms with Gasteiger partial charge in [0.1, 0.15) is 83.8 Å². The number of dihydropyridines is 1. The summed E-state index contributed by atoms with van der Waals surface area (Å²) in [7, 11) is 8.73. The topological polar surface area (TPSA) is 297 Å². The second kappa shape index (κ2) is 34.0. The van der Waals surface area contributed by atoms with Crippen LogP contribution in [0, 0.1) is 11.8 Å². The number of aliphatic hydroxyl groups excluding tert-OH is 7. The van der Waals surface area contributed by atoms with Crippen LogP contribution in [0.4, 0.5) is 0 Å². The Morgan fingerprint density at radius 3 is 1.47 bits per heavy atom. The number of amidine groups is 3. The van der Waals surface area contributed by atoms with Crippen LogP contribution in [0.25, 0.3) is 0 Å². The van der Waals surface area contributed by atoms with Gasteiger partial charge in [-0.05, 0) is 128 Å². The molecule has 1 unspecified atom stereocenters. The molecule has 526 valence electrons. The molecule has 17 atom stereocenters. The van der Waals surface area contributed by atoms with E-state index < -0.39 is 101 Å². The summed E-state index contributed by atoms with van der Waals surface area (Å²) in [5, 5.41) is 74.8. The summed E-state index contributed by atoms with van der Waals surface area (Å²) in [4.78, 5) is 24.0. The van der Waals surface area contributed by atoms with Crippen molar-refractivity contribution in [3.63, 3.8) is 0 Å². The summed E-state index contributed by atoms with van der Waals surface area (Å²) in [5.41, 5.74) is 7.93. The third kappa shape index (κ3) is 22.3. The van der Waals surface area contributed by atoms with Gasteiger partial charge in [-0.1, -0.05) is 46.2 Å². The maximum Gasteiger partial charge on any atom is 0.164 e. The monoisotopic (exact) mass is 1380 g/mol. The SMILES string of the molecule is C=C1N=C(C(C)C)C=CC1[C@@H]1O[C@H](CCP(=C)(C)C)[C@@H](O)[C@H]1OC.C=C1N=C(N(C)C)C=CN1[C@@H]1O[C@H](CCP(=C)(C)C)[C@@H](O)[C@H]1O.C=C1N=C(N)C(CO)=CN1[C@@H]1O[C@H](CCP(=C)(C)C)[C@@H](O)[C@H]1O.C=C1NC(=NC)C=CN1[C@@H]1O[C@H](CCP(=C)(C)C)[C@@H](O)[C@H]1OC. The average Bonchev–Trinajstić information content (AvgIpc) is 1.71. The Balaban J connectivity index is 0.000000225. The van der Waals surface area contributed by atoms with Crippen molar-refractivity contribution in [1.82, 2.24) is 24.9 Å². The second-order valence-corrected chi connectivity index (χ2v) is 45.4. The van der Waals surface area contributed by atoms with Crippen molar-refractivity contribution < 1.29 is 64.2 Å². The van der Waals surface area contributed by atoms with Crippen molar-refractivity contribution in [2.24, 2.45) is 37.5 Å². The molecule has 8 aliphatic rings. The molecule has 8 heterocycles. The smallest absolute Gasteiger partial charge is 0.164 e. The van der Waals surface area contributed by atoms with Crippen molar-refractivity contribution in [3.8, 4) is 0 Å². The van der Waals surface area contributed by atoms with Crippen LogP contribution in [0.2, 0.25) is 0 Å². The molecule has 0 aliphatic carbocycles. The van der Waals surface area contributed by atoms with Crippen molar-refractivity contribution >= 4 is 76.0 Å². The van der Waals surface area contributed by atoms with Gasteiger partial charge in [-0.2, -0.15) is 0 Å². The van der Waals surface area contributed by atoms with E-state index in [1.807, 2.05) is 48.3 Å². The van der Waals surface area contributed by atoms with E-state index in [0.29, 0.717) is 41.8 Å². The Labute approximate surface area is 555 Å². The van der Waals surface area contributed by atoms with E-state index in [4.69, 9.17) is 34.2 Å². The molecular formula is C66H114N10O13P4. The molecule has 0 bridgehead atoms. The van der Waals surface area contributed by atoms with E-state index in [2.05, 4.69) is 150 Å². The van der Waals surface area contributed by atoms with Crippen molar-refractivity contribution in [3.05, 3.63) is 98.0 Å². The van der Waals surface area contributed by atoms with Gasteiger partial charge in [-0.15, -0.1) is 52.7 Å². The zero-order chi connectivity index (χ0) is 70.0. The van der Waals surface area contributed by atoms with Crippen LogP contribution in [-0.4, -0.2) is 322 Å². The zero-order valence-electron chi connectivity index (χ0n) is 58.0. The summed E-state index contributed by atoms with van der Waals surface area (Å²) >= 11 is 0. The number of ether oxygens (including phenoxy) is 6. The first kappa shape index (κ1) is 79.8. The van der Waals surface area contributed by atoms with Gasteiger partial charge in [0.25, 0.3) is 0 Å². The molecule has 93 heavy (non-hydrogen) atoms. The number of likely N-dealkylation sites (N-methyl/N-ethyl adjacent to an activating group) is 1. The number of nitrogens with one attached hydrogen (secondary N) is 1. The van der Waals surface area contributed by atoms with Crippen LogP contribution in [0.3, 0.4) is 0 Å². The highest BCUT2D eigenvalue weighted by atomic mass is 31.2. The first-order chi connectivity index (χ1) is 43.1. The molecule has 8 aliphatic heterocycles. The molecule has 0 aromatic carbocycles. The van der Waals surface area contributed by atoms with E-state index in [0.717, 1.165) is 60.6 Å². The van der Waals surface area contributed by atoms with Gasteiger partial charge in [-0.25, -0.2) is 9.98 Å². The molecule has 0 amide bonds. The standard InChI is InChI=1S/C19H32NO3P.2C16H28N3O3P.C15H26N3O4P/c1-12(2)15-9-8-14(13(3)20-15)18-19(22-4)17(21)16(23-18)10-11-24(5,6)7;1-11-17-13(18(2)3)7-9-19(11)16-15(21)14(20)12(22-16)8-10-23(4,5)6;1-11-18-13(17-2)7-9-19(11)16-15(21-3)14(20)12(22-16)8-10-23(4,5)6;1-9-17-14(16)10(8-19)7-18(9)15-13(21)12(20)11(22-15)5-6-23(2,3)4/h8-9,12,14,16-19,21H,3,5,10-11H2,1-2,4,6-7H3;7,9,12,14-16,20-21H,1,4,8,10H2,2-3,5-6H3;7,9,12,14-16,20H,1,4,8,10H2,2-3,5-6H3,(H,17,18);7,11-13,15,19-21H,1-2,5-6,8H2,3-4H3,(H2,16,17)/t14?,16-,17-,18+,19-;2*12-,14-,15-,16-;11-,12-,13-,15-/m1111/s1. The molecule has 8 rings (SSSR count). The maximum atomic E-state index is 10.6. The molecule has 0 aromatic rings. The van der Waals surface area contributed by atoms with Gasteiger partial charge in [0.2, 0.25) is 0 Å². The number of hydrogen-bond donors (Lipinski definition) is 9. The summed E-state index contributed by atoms with van der Waals surface area (Å²) in [6, 6.07) is 0. The third-order valence-corrected chi connectivity index (χ3v) is 22.7. The summed E-state index contributed by atoms with van der Waals surface area (Å²) in [5.74, 6) is 3.43. The quantitative estimate of drug-likeness (QED) is 0.0760. The Morgan fingerprint density at radius 2 is 1.05 bits per heavy atom. The predicted octanol–water partition coefficient (Wildman–Crippen LogP) is 4.48. The number of nitrogens with two attached hydrogens (primary N) is 1. The van der Waals surface area contributed by atoms with Gasteiger partial charge in [-0.3, -0.25) is 9.98 Å². The number of nitrogens with zero attached hydrogens (tertiary/aromatic N) is 8. The number of aliphatic imine (C=N–C) groups is 4. The van der Waals surface area contributed by atoms with Crippen LogP contribution in [0.1, 0.15) is 39.5 Å². The number of hydrogen-bond acceptors (Lipinski definition) is 22. The Morgan fingerprint density at radius 1 is 0.613 bits per heavy atom. The fourth-order valence-electron chi connectivity index (χ4n) is 11.2. The zero-order valence-corrected chi connectivity index (χ0v) is 61.6. The molecule has 0 aromatic heterocycles. The van der Waals surface area contributed by atoms with E-state index in [1.165, 1.54) is 4.90 Å². The van der Waals surface area contributed by atoms with Crippen LogP contribution < -0.4 is 11.1 Å². The van der Waals surface area contributed by atoms with Gasteiger partial charge in [0.05, 0.1) is 37.1 Å². The lowest BCUT2D eigenvalue weighted by Gasteiger charge is -2.34. The van der Waals surface area contributed by atoms with E-state index in [9.17, 15) is 35.7 Å². The number of methoxy groups -OCH3 is 2. The van der Waals surface area contributed by atoms with Crippen molar-refractivity contribution in [2.45, 2.75) is 138 Å². The van der Waals surface area contributed by atoms with Gasteiger partial charge >= 0.3 is 0 Å². The largest absolute Gasteiger partial charge is 0.391 e. The first-order valence-corrected chi connectivity index (χ1v) is 43.7. The summed E-state index contributed by atoms with van der Waals surface area (Å²) in [6.45, 7) is 32.3. The van der Waals surface area contributed by atoms with Crippen LogP contribution >= 0.6 is 27.5 Å². The minimum absolute atomic E-state index is 0.0559. The summed E-state index contributed by atoms with van der Waals surface area (Å²) in [6.07, 6.45) is 26.8. The fourth-order valence-corrected chi connectivity index (χ4v) is 15.1. The van der Waals surface area contributed by atoms with E-state index >= 15 is 0 Å². The lowest BCUT2D eigenvalue weighted by molar-refractivity contribution is -0.0709. The number of rotatable bonds is 20. The Hall–Kier alpha value is -3.92. The molecule has 27 heteroatoms. The molecule has 4 saturated heterocycles. The van der Waals surface area contributed by atoms with E-state index in [-0.39, 0.29) is 42.8 Å². The Kier molecular flexibility index (Phi) is 29.2. The number of aliphatic hydroxyl groups is 7. The molecule has 23 nitrogen and oxygen atoms in total. The lowest BCUT2D eigenvalue weighted by atomic mass is 9.90. The van der Waals surface area contributed by atoms with Gasteiger partial charge in [0.15, 0.2) is 18.7 Å². The molecule has 0 saturated carbocycles. The molecule has 10 N–H and O–H groups in total. The third-order valence-electron chi connectivity index (χ3n) is 16.8. The van der Waals surface area contributed by atoms with Crippen molar-refractivity contribution in [1.29, 1.82) is 0 Å². The highest BCUT2D eigenvalue weighted by molar-refractivity contribution is 7.73. The van der Waals surface area contributed by atoms with Crippen LogP contribution in [0.15, 0.2) is 118 Å². The molecular weight excluding hydrogens is 1260 g/mol. The minimum atomic E-state index is -1.24. The molecule has 0 spiro atoms. The maximum absolute atomic E-state index is 10.6. The second-order valence-electron chi connectivity index (χ2n) is 28.1. The minimum Gasteiger partial charge on any atom is -0.391 e. The van der Waals surface area contributed by atoms with Crippen molar-refractivity contribution in [2.75, 3.05) is 120 Å². The summed E-state index contributed by atoms with van der Waals surface area (Å²) < 4.78 is 35.1. The van der Waals surface area contributed by atoms with Gasteiger partial charge < -0.3 is 94.8 Å². The highest BCUT2D eigenvalue weighted by Crippen LogP contribution is 2.44.